The Morgan fingerprint density at radius 1 is 0.614 bits per heavy atom. The van der Waals surface area contributed by atoms with Gasteiger partial charge in [-0.1, -0.05) is 40.7 Å². The molecule has 44 heavy (non-hydrogen) atoms. The van der Waals surface area contributed by atoms with Crippen molar-refractivity contribution in [3.05, 3.63) is 66.0 Å². The third-order valence-corrected chi connectivity index (χ3v) is 13.1. The Hall–Kier alpha value is -2.77. The average Bonchev–Trinajstić information content (AvgIpc) is 3.81. The van der Waals surface area contributed by atoms with Gasteiger partial charge in [-0.3, -0.25) is 9.97 Å². The topological polar surface area (TPSA) is 154 Å². The Labute approximate surface area is 261 Å². The summed E-state index contributed by atoms with van der Waals surface area (Å²) in [4.78, 5) is 17.6. The van der Waals surface area contributed by atoms with E-state index in [1.807, 2.05) is 19.9 Å². The number of rotatable bonds is 13. The van der Waals surface area contributed by atoms with Gasteiger partial charge in [-0.2, -0.15) is 0 Å². The number of hydrogen-bond donors (Lipinski definition) is 0. The summed E-state index contributed by atoms with van der Waals surface area (Å²) < 4.78 is 73.2. The third-order valence-electron chi connectivity index (χ3n) is 8.86. The van der Waals surface area contributed by atoms with Crippen LogP contribution in [0.5, 0.6) is 0 Å². The molecule has 0 saturated heterocycles. The van der Waals surface area contributed by atoms with E-state index in [9.17, 15) is 25.3 Å². The predicted molar refractivity (Wildman–Crippen MR) is 169 cm³/mol. The molecule has 3 aromatic rings. The van der Waals surface area contributed by atoms with E-state index in [2.05, 4.69) is 40.7 Å². The van der Waals surface area contributed by atoms with E-state index < -0.39 is 40.3 Å². The van der Waals surface area contributed by atoms with Gasteiger partial charge in [0.1, 0.15) is 0 Å². The lowest BCUT2D eigenvalue weighted by atomic mass is 9.69. The molecule has 0 N–H and O–H groups in total. The first-order valence-electron chi connectivity index (χ1n) is 14.5. The van der Waals surface area contributed by atoms with E-state index in [-0.39, 0.29) is 25.6 Å². The quantitative estimate of drug-likeness (QED) is 0.250. The SMILES string of the molecule is CC(C)(CCC(C)(CCC(C)(C)c1cnc(S(C)(=O)=O)cn1)c1ccc(S(C)(=O)=O)cn1)c1ccc(S(=O)(=O)C2CC2)nc1. The van der Waals surface area contributed by atoms with E-state index in [1.54, 1.807) is 24.4 Å². The Morgan fingerprint density at radius 3 is 1.66 bits per heavy atom. The zero-order valence-corrected chi connectivity index (χ0v) is 28.9. The van der Waals surface area contributed by atoms with E-state index in [1.165, 1.54) is 18.6 Å². The second-order valence-corrected chi connectivity index (χ2v) is 19.8. The Balaban J connectivity index is 1.59. The highest BCUT2D eigenvalue weighted by atomic mass is 32.2. The van der Waals surface area contributed by atoms with Gasteiger partial charge in [0.05, 0.1) is 28.2 Å². The van der Waals surface area contributed by atoms with Gasteiger partial charge in [-0.25, -0.2) is 35.2 Å². The number of pyridine rings is 2. The molecular weight excluding hydrogens is 621 g/mol. The fraction of sp³-hybridized carbons (Fsp3) is 0.548. The van der Waals surface area contributed by atoms with Crippen molar-refractivity contribution < 1.29 is 25.3 Å². The molecule has 1 aliphatic rings. The molecule has 0 bridgehead atoms. The van der Waals surface area contributed by atoms with Crippen molar-refractivity contribution in [2.24, 2.45) is 0 Å². The fourth-order valence-electron chi connectivity index (χ4n) is 5.14. The summed E-state index contributed by atoms with van der Waals surface area (Å²) in [6.07, 6.45) is 12.2. The molecule has 0 spiro atoms. The second-order valence-electron chi connectivity index (χ2n) is 13.6. The molecule has 240 valence electrons. The largest absolute Gasteiger partial charge is 0.259 e. The van der Waals surface area contributed by atoms with Gasteiger partial charge in [-0.15, -0.1) is 0 Å². The molecule has 0 amide bonds. The Kier molecular flexibility index (Phi) is 9.20. The summed E-state index contributed by atoms with van der Waals surface area (Å²) in [6, 6.07) is 6.81. The van der Waals surface area contributed by atoms with Gasteiger partial charge < -0.3 is 0 Å². The van der Waals surface area contributed by atoms with Crippen molar-refractivity contribution >= 4 is 29.5 Å². The van der Waals surface area contributed by atoms with Crippen LogP contribution in [0.15, 0.2) is 64.0 Å². The molecule has 1 aliphatic carbocycles. The van der Waals surface area contributed by atoms with Gasteiger partial charge in [0.25, 0.3) is 0 Å². The van der Waals surface area contributed by atoms with Crippen LogP contribution in [0.4, 0.5) is 0 Å². The standard InChI is InChI=1S/C31H42N4O6S3/c1-29(2,22-8-13-27(34-18-22)44(40,41)23-9-10-23)14-16-31(5,25-12-11-24(19-32-25)42(6,36)37)17-15-30(3,4)26-20-35-28(21-33-26)43(7,38)39/h8,11-13,18-21,23H,9-10,14-17H2,1-7H3. The minimum Gasteiger partial charge on any atom is -0.259 e. The highest BCUT2D eigenvalue weighted by molar-refractivity contribution is 7.92. The first kappa shape index (κ1) is 34.1. The highest BCUT2D eigenvalue weighted by Crippen LogP contribution is 2.41. The van der Waals surface area contributed by atoms with Crippen molar-refractivity contribution in [3.63, 3.8) is 0 Å². The fourth-order valence-corrected chi connectivity index (χ4v) is 7.75. The Morgan fingerprint density at radius 2 is 1.20 bits per heavy atom. The monoisotopic (exact) mass is 662 g/mol. The van der Waals surface area contributed by atoms with Crippen molar-refractivity contribution in [2.45, 2.75) is 110 Å². The van der Waals surface area contributed by atoms with E-state index >= 15 is 0 Å². The summed E-state index contributed by atoms with van der Waals surface area (Å²) in [6.45, 7) is 10.4. The summed E-state index contributed by atoms with van der Waals surface area (Å²) in [5, 5.41) is -0.273. The van der Waals surface area contributed by atoms with Crippen LogP contribution in [0.3, 0.4) is 0 Å². The van der Waals surface area contributed by atoms with E-state index in [0.29, 0.717) is 37.8 Å². The van der Waals surface area contributed by atoms with Gasteiger partial charge in [0.2, 0.25) is 0 Å². The number of sulfone groups is 3. The lowest BCUT2D eigenvalue weighted by Crippen LogP contribution is -2.31. The number of aromatic nitrogens is 4. The molecular formula is C31H42N4O6S3. The highest BCUT2D eigenvalue weighted by Gasteiger charge is 2.38. The molecule has 3 heterocycles. The first-order valence-corrected chi connectivity index (χ1v) is 19.9. The zero-order valence-electron chi connectivity index (χ0n) is 26.4. The van der Waals surface area contributed by atoms with Crippen LogP contribution in [-0.2, 0) is 45.8 Å². The van der Waals surface area contributed by atoms with Crippen LogP contribution in [0.1, 0.15) is 90.1 Å². The van der Waals surface area contributed by atoms with Gasteiger partial charge >= 0.3 is 0 Å². The second kappa shape index (κ2) is 11.9. The van der Waals surface area contributed by atoms with Gasteiger partial charge in [0.15, 0.2) is 39.6 Å². The molecule has 1 fully saturated rings. The molecule has 3 aromatic heterocycles. The lowest BCUT2D eigenvalue weighted by Gasteiger charge is -2.36. The van der Waals surface area contributed by atoms with Gasteiger partial charge in [0, 0.05) is 41.4 Å². The number of nitrogens with zero attached hydrogens (tertiary/aromatic N) is 4. The third kappa shape index (κ3) is 7.71. The van der Waals surface area contributed by atoms with Gasteiger partial charge in [-0.05, 0) is 67.7 Å². The molecule has 0 aliphatic heterocycles. The van der Waals surface area contributed by atoms with E-state index in [4.69, 9.17) is 0 Å². The smallest absolute Gasteiger partial charge is 0.198 e. The first-order chi connectivity index (χ1) is 20.2. The minimum absolute atomic E-state index is 0.0769. The van der Waals surface area contributed by atoms with Crippen molar-refractivity contribution in [2.75, 3.05) is 12.5 Å². The van der Waals surface area contributed by atoms with E-state index in [0.717, 1.165) is 30.2 Å². The molecule has 1 saturated carbocycles. The lowest BCUT2D eigenvalue weighted by molar-refractivity contribution is 0.293. The predicted octanol–water partition coefficient (Wildman–Crippen LogP) is 4.78. The molecule has 1 atom stereocenters. The maximum atomic E-state index is 12.6. The molecule has 0 radical (unpaired) electrons. The molecule has 0 aromatic carbocycles. The van der Waals surface area contributed by atoms with Crippen molar-refractivity contribution in [1.29, 1.82) is 0 Å². The minimum atomic E-state index is -3.46. The maximum Gasteiger partial charge on any atom is 0.198 e. The van der Waals surface area contributed by atoms with Crippen molar-refractivity contribution in [1.82, 2.24) is 19.9 Å². The van der Waals surface area contributed by atoms with Crippen LogP contribution in [-0.4, -0.2) is 63.0 Å². The average molecular weight is 663 g/mol. The van der Waals surface area contributed by atoms with Crippen LogP contribution >= 0.6 is 0 Å². The summed E-state index contributed by atoms with van der Waals surface area (Å²) in [7, 11) is -10.2. The molecule has 4 rings (SSSR count). The molecule has 10 nitrogen and oxygen atoms in total. The summed E-state index contributed by atoms with van der Waals surface area (Å²) in [5.74, 6) is 0. The van der Waals surface area contributed by atoms with Crippen LogP contribution < -0.4 is 0 Å². The normalized spacial score (nSPS) is 16.4. The van der Waals surface area contributed by atoms with Crippen molar-refractivity contribution in [3.8, 4) is 0 Å². The van der Waals surface area contributed by atoms with Crippen LogP contribution in [0.25, 0.3) is 0 Å². The van der Waals surface area contributed by atoms with Crippen LogP contribution in [0, 0.1) is 0 Å². The molecule has 1 unspecified atom stereocenters. The summed E-state index contributed by atoms with van der Waals surface area (Å²) in [5.41, 5.74) is 1.11. The molecule has 13 heteroatoms. The maximum absolute atomic E-state index is 12.6. The Bertz CT molecular complexity index is 1820. The zero-order chi connectivity index (χ0) is 32.8. The summed E-state index contributed by atoms with van der Waals surface area (Å²) >= 11 is 0. The van der Waals surface area contributed by atoms with Crippen LogP contribution in [0.2, 0.25) is 0 Å². The number of hydrogen-bond acceptors (Lipinski definition) is 10.